The number of aliphatic hydroxyl groups is 1. The molecule has 1 aromatic heterocycles. The molecule has 26 heavy (non-hydrogen) atoms. The first-order valence-electron chi connectivity index (χ1n) is 8.73. The molecule has 1 unspecified atom stereocenters. The van der Waals surface area contributed by atoms with E-state index in [1.165, 1.54) is 5.56 Å². The van der Waals surface area contributed by atoms with Crippen molar-refractivity contribution in [2.45, 2.75) is 38.8 Å². The van der Waals surface area contributed by atoms with Crippen molar-refractivity contribution in [3.63, 3.8) is 0 Å². The van der Waals surface area contributed by atoms with Gasteiger partial charge in [0, 0.05) is 19.0 Å². The van der Waals surface area contributed by atoms with E-state index in [9.17, 15) is 5.11 Å². The summed E-state index contributed by atoms with van der Waals surface area (Å²) in [7, 11) is 2.00. The van der Waals surface area contributed by atoms with Gasteiger partial charge in [0.1, 0.15) is 5.60 Å². The highest BCUT2D eigenvalue weighted by atomic mass is 127. The topological polar surface area (TPSA) is 60.8 Å². The van der Waals surface area contributed by atoms with Gasteiger partial charge >= 0.3 is 0 Å². The number of halogens is 1. The predicted molar refractivity (Wildman–Crippen MR) is 118 cm³/mol. The first kappa shape index (κ1) is 21.1. The van der Waals surface area contributed by atoms with E-state index in [4.69, 9.17) is 4.99 Å². The number of fused-ring (bicyclic) bond motifs is 1. The van der Waals surface area contributed by atoms with Crippen molar-refractivity contribution in [1.82, 2.24) is 15.2 Å². The molecule has 5 nitrogen and oxygen atoms in total. The second-order valence-corrected chi connectivity index (χ2v) is 7.64. The molecule has 142 valence electrons. The minimum Gasteiger partial charge on any atom is -0.383 e. The van der Waals surface area contributed by atoms with Crippen LogP contribution in [0.3, 0.4) is 0 Å². The van der Waals surface area contributed by atoms with Crippen LogP contribution < -0.4 is 5.32 Å². The molecule has 1 aromatic carbocycles. The van der Waals surface area contributed by atoms with Gasteiger partial charge in [-0.25, -0.2) is 9.98 Å². The number of guanidine groups is 1. The number of rotatable bonds is 5. The molecule has 2 N–H and O–H groups in total. The fraction of sp³-hybridized carbons (Fsp3) is 0.474. The predicted octanol–water partition coefficient (Wildman–Crippen LogP) is 3.30. The Kier molecular flexibility index (Phi) is 7.42. The first-order valence-corrected chi connectivity index (χ1v) is 9.61. The van der Waals surface area contributed by atoms with Crippen LogP contribution in [0.4, 0.5) is 0 Å². The molecule has 0 spiro atoms. The fourth-order valence-corrected chi connectivity index (χ4v) is 3.91. The average molecular weight is 486 g/mol. The minimum atomic E-state index is -0.866. The summed E-state index contributed by atoms with van der Waals surface area (Å²) in [6.45, 7) is 5.92. The summed E-state index contributed by atoms with van der Waals surface area (Å²) in [4.78, 5) is 11.3. The number of nitrogens with zero attached hydrogens (tertiary/aromatic N) is 3. The van der Waals surface area contributed by atoms with Gasteiger partial charge in [-0.1, -0.05) is 24.3 Å². The molecule has 0 aliphatic heterocycles. The molecule has 1 aliphatic rings. The molecular weight excluding hydrogens is 459 g/mol. The smallest absolute Gasteiger partial charge is 0.194 e. The Morgan fingerprint density at radius 1 is 1.42 bits per heavy atom. The summed E-state index contributed by atoms with van der Waals surface area (Å²) in [6.07, 6.45) is 1.64. The molecule has 0 amide bonds. The van der Waals surface area contributed by atoms with Crippen molar-refractivity contribution in [3.05, 3.63) is 51.5 Å². The van der Waals surface area contributed by atoms with Gasteiger partial charge in [-0.05, 0) is 37.8 Å². The SMILES string of the molecule is CCNC(=NCC1(O)CCc2ccccc21)N(C)Cc1csc(C)n1.I. The molecule has 0 bridgehead atoms. The van der Waals surface area contributed by atoms with Crippen LogP contribution in [0.25, 0.3) is 0 Å². The number of benzene rings is 1. The van der Waals surface area contributed by atoms with Gasteiger partial charge in [0.25, 0.3) is 0 Å². The molecule has 7 heteroatoms. The Bertz CT molecular complexity index is 764. The van der Waals surface area contributed by atoms with Crippen molar-refractivity contribution >= 4 is 41.3 Å². The van der Waals surface area contributed by atoms with Crippen molar-refractivity contribution < 1.29 is 5.11 Å². The summed E-state index contributed by atoms with van der Waals surface area (Å²) < 4.78 is 0. The van der Waals surface area contributed by atoms with Crippen LogP contribution in [0.5, 0.6) is 0 Å². The Labute approximate surface area is 176 Å². The fourth-order valence-electron chi connectivity index (χ4n) is 3.31. The molecule has 3 rings (SSSR count). The van der Waals surface area contributed by atoms with Crippen LogP contribution in [0.2, 0.25) is 0 Å². The molecule has 0 saturated carbocycles. The number of aliphatic imine (C=N–C) groups is 1. The Morgan fingerprint density at radius 2 is 2.19 bits per heavy atom. The molecule has 1 atom stereocenters. The van der Waals surface area contributed by atoms with Gasteiger partial charge in [-0.15, -0.1) is 35.3 Å². The maximum absolute atomic E-state index is 11.1. The standard InChI is InChI=1S/C19H26N4OS.HI/c1-4-20-18(23(3)11-16-12-25-14(2)22-16)21-13-19(24)10-9-15-7-5-6-8-17(15)19;/h5-8,12,24H,4,9-11,13H2,1-3H3,(H,20,21);1H. The summed E-state index contributed by atoms with van der Waals surface area (Å²) in [5, 5.41) is 17.5. The maximum Gasteiger partial charge on any atom is 0.194 e. The number of aryl methyl sites for hydroxylation is 2. The number of thiazole rings is 1. The molecule has 1 aliphatic carbocycles. The van der Waals surface area contributed by atoms with E-state index in [1.54, 1.807) is 11.3 Å². The lowest BCUT2D eigenvalue weighted by molar-refractivity contribution is 0.0483. The lowest BCUT2D eigenvalue weighted by atomic mass is 9.96. The number of hydrogen-bond acceptors (Lipinski definition) is 4. The molecule has 2 aromatic rings. The van der Waals surface area contributed by atoms with Crippen molar-refractivity contribution in [2.75, 3.05) is 20.1 Å². The second-order valence-electron chi connectivity index (χ2n) is 6.57. The van der Waals surface area contributed by atoms with Crippen LogP contribution in [-0.4, -0.2) is 41.1 Å². The van der Waals surface area contributed by atoms with Gasteiger partial charge in [0.2, 0.25) is 0 Å². The van der Waals surface area contributed by atoms with E-state index in [0.29, 0.717) is 13.1 Å². The zero-order chi connectivity index (χ0) is 17.9. The third kappa shape index (κ3) is 4.75. The van der Waals surface area contributed by atoms with E-state index in [1.807, 2.05) is 32.2 Å². The molecule has 1 heterocycles. The third-order valence-corrected chi connectivity index (χ3v) is 5.40. The number of aromatic nitrogens is 1. The normalized spacial score (nSPS) is 19.0. The quantitative estimate of drug-likeness (QED) is 0.387. The second kappa shape index (κ2) is 9.14. The zero-order valence-electron chi connectivity index (χ0n) is 15.5. The highest BCUT2D eigenvalue weighted by Crippen LogP contribution is 2.36. The average Bonchev–Trinajstić information content (AvgIpc) is 3.16. The van der Waals surface area contributed by atoms with E-state index < -0.39 is 5.60 Å². The molecule has 0 radical (unpaired) electrons. The first-order chi connectivity index (χ1) is 12.0. The van der Waals surface area contributed by atoms with Crippen molar-refractivity contribution in [3.8, 4) is 0 Å². The number of nitrogens with one attached hydrogen (secondary N) is 1. The van der Waals surface area contributed by atoms with E-state index in [0.717, 1.165) is 41.6 Å². The van der Waals surface area contributed by atoms with Gasteiger partial charge in [-0.3, -0.25) is 0 Å². The van der Waals surface area contributed by atoms with Crippen LogP contribution in [-0.2, 0) is 18.6 Å². The maximum atomic E-state index is 11.1. The van der Waals surface area contributed by atoms with Gasteiger partial charge in [0.05, 0.1) is 23.8 Å². The Balaban J connectivity index is 0.00000243. The lowest BCUT2D eigenvalue weighted by Crippen LogP contribution is -2.40. The monoisotopic (exact) mass is 486 g/mol. The van der Waals surface area contributed by atoms with Crippen LogP contribution in [0.1, 0.15) is 35.2 Å². The van der Waals surface area contributed by atoms with Crippen LogP contribution >= 0.6 is 35.3 Å². The third-order valence-electron chi connectivity index (χ3n) is 4.58. The van der Waals surface area contributed by atoms with Gasteiger partial charge in [0.15, 0.2) is 5.96 Å². The van der Waals surface area contributed by atoms with E-state index in [2.05, 4.69) is 33.6 Å². The van der Waals surface area contributed by atoms with Gasteiger partial charge in [-0.2, -0.15) is 0 Å². The largest absolute Gasteiger partial charge is 0.383 e. The zero-order valence-corrected chi connectivity index (χ0v) is 18.7. The van der Waals surface area contributed by atoms with E-state index in [-0.39, 0.29) is 24.0 Å². The van der Waals surface area contributed by atoms with Crippen LogP contribution in [0, 0.1) is 6.92 Å². The summed E-state index contributed by atoms with van der Waals surface area (Å²) in [6, 6.07) is 8.13. The molecular formula is C19H27IN4OS. The lowest BCUT2D eigenvalue weighted by Gasteiger charge is -2.25. The highest BCUT2D eigenvalue weighted by Gasteiger charge is 2.36. The Hall–Kier alpha value is -1.19. The minimum absolute atomic E-state index is 0. The summed E-state index contributed by atoms with van der Waals surface area (Å²) in [5.74, 6) is 0.797. The van der Waals surface area contributed by atoms with Gasteiger partial charge < -0.3 is 15.3 Å². The highest BCUT2D eigenvalue weighted by molar-refractivity contribution is 14.0. The van der Waals surface area contributed by atoms with Crippen molar-refractivity contribution in [2.24, 2.45) is 4.99 Å². The summed E-state index contributed by atoms with van der Waals surface area (Å²) >= 11 is 1.66. The van der Waals surface area contributed by atoms with Crippen molar-refractivity contribution in [1.29, 1.82) is 0 Å². The van der Waals surface area contributed by atoms with E-state index >= 15 is 0 Å². The molecule has 0 saturated heterocycles. The Morgan fingerprint density at radius 3 is 2.88 bits per heavy atom. The summed E-state index contributed by atoms with van der Waals surface area (Å²) in [5.41, 5.74) is 2.43. The van der Waals surface area contributed by atoms with Crippen LogP contribution in [0.15, 0.2) is 34.6 Å². The number of hydrogen-bond donors (Lipinski definition) is 2. The molecule has 0 fully saturated rings.